The lowest BCUT2D eigenvalue weighted by atomic mass is 9.99. The molecule has 0 bridgehead atoms. The maximum absolute atomic E-state index is 12.3. The molecule has 0 atom stereocenters. The van der Waals surface area contributed by atoms with E-state index in [1.54, 1.807) is 13.8 Å². The molecule has 0 fully saturated rings. The molecule has 5 heteroatoms. The summed E-state index contributed by atoms with van der Waals surface area (Å²) in [6.45, 7) is 3.34. The first kappa shape index (κ1) is 14.4. The van der Waals surface area contributed by atoms with Crippen molar-refractivity contribution in [1.29, 1.82) is 0 Å². The number of hydrogen-bond donors (Lipinski definition) is 0. The molecule has 0 radical (unpaired) electrons. The third-order valence-corrected chi connectivity index (χ3v) is 2.51. The summed E-state index contributed by atoms with van der Waals surface area (Å²) in [7, 11) is 0. The fraction of sp³-hybridized carbons (Fsp3) is 0.385. The van der Waals surface area contributed by atoms with Gasteiger partial charge in [-0.25, -0.2) is 0 Å². The van der Waals surface area contributed by atoms with Crippen LogP contribution in [0.15, 0.2) is 24.3 Å². The second-order valence-electron chi connectivity index (χ2n) is 4.30. The summed E-state index contributed by atoms with van der Waals surface area (Å²) in [5.74, 6) is -0.939. The Labute approximate surface area is 103 Å². The number of hydrogen-bond acceptors (Lipinski definition) is 2. The van der Waals surface area contributed by atoms with Crippen LogP contribution >= 0.6 is 0 Å². The Hall–Kier alpha value is -1.65. The first-order chi connectivity index (χ1) is 8.21. The Balaban J connectivity index is 2.80. The number of Topliss-reactive ketones (excluding diaryl/α,β-unsaturated/α-hetero) is 2. The van der Waals surface area contributed by atoms with Gasteiger partial charge < -0.3 is 0 Å². The quantitative estimate of drug-likeness (QED) is 0.611. The molecule has 0 aliphatic carbocycles. The van der Waals surface area contributed by atoms with Crippen LogP contribution in [-0.4, -0.2) is 11.6 Å². The van der Waals surface area contributed by atoms with Gasteiger partial charge in [0.15, 0.2) is 5.78 Å². The summed E-state index contributed by atoms with van der Waals surface area (Å²) in [4.78, 5) is 23.0. The molecule has 1 rings (SSSR count). The third-order valence-electron chi connectivity index (χ3n) is 2.51. The lowest BCUT2D eigenvalue weighted by molar-refractivity contribution is -0.137. The molecule has 0 unspecified atom stereocenters. The van der Waals surface area contributed by atoms with Crippen molar-refractivity contribution >= 4 is 11.6 Å². The molecule has 0 amide bonds. The summed E-state index contributed by atoms with van der Waals surface area (Å²) >= 11 is 0. The predicted molar refractivity (Wildman–Crippen MR) is 60.2 cm³/mol. The molecule has 0 saturated heterocycles. The number of alkyl halides is 3. The number of benzene rings is 1. The Kier molecular flexibility index (Phi) is 4.27. The van der Waals surface area contributed by atoms with Gasteiger partial charge in [0.05, 0.1) is 12.0 Å². The molecule has 0 spiro atoms. The van der Waals surface area contributed by atoms with E-state index >= 15 is 0 Å². The van der Waals surface area contributed by atoms with Gasteiger partial charge in [0, 0.05) is 11.5 Å². The van der Waals surface area contributed by atoms with Crippen LogP contribution in [0.4, 0.5) is 13.2 Å². The van der Waals surface area contributed by atoms with Crippen molar-refractivity contribution in [3.63, 3.8) is 0 Å². The number of carbonyl (C=O) groups is 2. The zero-order valence-corrected chi connectivity index (χ0v) is 10.0. The molecular formula is C13H13F3O2. The van der Waals surface area contributed by atoms with E-state index in [0.29, 0.717) is 0 Å². The van der Waals surface area contributed by atoms with Crippen LogP contribution < -0.4 is 0 Å². The molecule has 0 N–H and O–H groups in total. The Bertz CT molecular complexity index is 444. The van der Waals surface area contributed by atoms with Gasteiger partial charge >= 0.3 is 6.18 Å². The zero-order chi connectivity index (χ0) is 13.9. The first-order valence-corrected chi connectivity index (χ1v) is 5.45. The number of rotatable bonds is 4. The van der Waals surface area contributed by atoms with E-state index in [4.69, 9.17) is 0 Å². The van der Waals surface area contributed by atoms with Gasteiger partial charge in [-0.05, 0) is 12.1 Å². The molecule has 0 aliphatic heterocycles. The highest BCUT2D eigenvalue weighted by Crippen LogP contribution is 2.29. The smallest absolute Gasteiger partial charge is 0.299 e. The van der Waals surface area contributed by atoms with Crippen molar-refractivity contribution < 1.29 is 22.8 Å². The predicted octanol–water partition coefficient (Wildman–Crippen LogP) is 3.50. The van der Waals surface area contributed by atoms with Gasteiger partial charge in [0.2, 0.25) is 0 Å². The Morgan fingerprint density at radius 1 is 1.11 bits per heavy atom. The van der Waals surface area contributed by atoms with Crippen LogP contribution in [0.5, 0.6) is 0 Å². The molecule has 0 saturated carbocycles. The van der Waals surface area contributed by atoms with E-state index in [1.807, 2.05) is 0 Å². The number of halogens is 3. The van der Waals surface area contributed by atoms with Crippen molar-refractivity contribution in [2.24, 2.45) is 5.92 Å². The lowest BCUT2D eigenvalue weighted by Gasteiger charge is -2.07. The van der Waals surface area contributed by atoms with E-state index < -0.39 is 17.5 Å². The zero-order valence-electron chi connectivity index (χ0n) is 10.0. The van der Waals surface area contributed by atoms with Crippen molar-refractivity contribution in [2.45, 2.75) is 26.4 Å². The van der Waals surface area contributed by atoms with Crippen LogP contribution in [0.1, 0.15) is 36.2 Å². The molecule has 18 heavy (non-hydrogen) atoms. The van der Waals surface area contributed by atoms with Crippen molar-refractivity contribution in [3.8, 4) is 0 Å². The minimum atomic E-state index is -4.42. The summed E-state index contributed by atoms with van der Waals surface area (Å²) in [6, 6.07) is 3.87. The molecule has 0 aliphatic rings. The van der Waals surface area contributed by atoms with Gasteiger partial charge in [0.25, 0.3) is 0 Å². The highest BCUT2D eigenvalue weighted by molar-refractivity contribution is 6.08. The van der Waals surface area contributed by atoms with Crippen LogP contribution in [0.25, 0.3) is 0 Å². The highest BCUT2D eigenvalue weighted by Gasteiger charge is 2.30. The van der Waals surface area contributed by atoms with Crippen molar-refractivity contribution in [3.05, 3.63) is 35.4 Å². The van der Waals surface area contributed by atoms with Gasteiger partial charge in [-0.2, -0.15) is 13.2 Å². The van der Waals surface area contributed by atoms with Gasteiger partial charge in [-0.1, -0.05) is 26.0 Å². The minimum absolute atomic E-state index is 0.122. The number of carbonyl (C=O) groups excluding carboxylic acids is 2. The summed E-state index contributed by atoms with van der Waals surface area (Å²) in [6.07, 6.45) is -4.70. The van der Waals surface area contributed by atoms with E-state index in [9.17, 15) is 22.8 Å². The molecule has 1 aromatic rings. The summed E-state index contributed by atoms with van der Waals surface area (Å²) in [5.41, 5.74) is -0.689. The average molecular weight is 258 g/mol. The minimum Gasteiger partial charge on any atom is -0.299 e. The molecule has 0 aromatic heterocycles. The SMILES string of the molecule is CC(C)C(=O)CC(=O)c1ccc(C(F)(F)F)cc1. The van der Waals surface area contributed by atoms with Gasteiger partial charge in [-0.15, -0.1) is 0 Å². The lowest BCUT2D eigenvalue weighted by Crippen LogP contribution is -2.13. The largest absolute Gasteiger partial charge is 0.416 e. The second kappa shape index (κ2) is 5.33. The van der Waals surface area contributed by atoms with Crippen LogP contribution in [0.3, 0.4) is 0 Å². The monoisotopic (exact) mass is 258 g/mol. The van der Waals surface area contributed by atoms with Crippen molar-refractivity contribution in [1.82, 2.24) is 0 Å². The fourth-order valence-corrected chi connectivity index (χ4v) is 1.31. The second-order valence-corrected chi connectivity index (χ2v) is 4.30. The number of ketones is 2. The highest BCUT2D eigenvalue weighted by atomic mass is 19.4. The van der Waals surface area contributed by atoms with Crippen LogP contribution in [0, 0.1) is 5.92 Å². The Morgan fingerprint density at radius 2 is 1.61 bits per heavy atom. The summed E-state index contributed by atoms with van der Waals surface area (Å²) in [5, 5.41) is 0. The average Bonchev–Trinajstić information content (AvgIpc) is 2.27. The molecule has 1 aromatic carbocycles. The van der Waals surface area contributed by atoms with Gasteiger partial charge in [-0.3, -0.25) is 9.59 Å². The van der Waals surface area contributed by atoms with E-state index in [0.717, 1.165) is 24.3 Å². The van der Waals surface area contributed by atoms with Crippen LogP contribution in [0.2, 0.25) is 0 Å². The maximum atomic E-state index is 12.3. The molecule has 2 nitrogen and oxygen atoms in total. The third kappa shape index (κ3) is 3.68. The molecule has 98 valence electrons. The van der Waals surface area contributed by atoms with Gasteiger partial charge in [0.1, 0.15) is 5.78 Å². The normalized spacial score (nSPS) is 11.7. The summed E-state index contributed by atoms with van der Waals surface area (Å²) < 4.78 is 36.9. The topological polar surface area (TPSA) is 34.1 Å². The maximum Gasteiger partial charge on any atom is 0.416 e. The van der Waals surface area contributed by atoms with E-state index in [1.165, 1.54) is 0 Å². The standard InChI is InChI=1S/C13H13F3O2/c1-8(2)11(17)7-12(18)9-3-5-10(6-4-9)13(14,15)16/h3-6,8H,7H2,1-2H3. The first-order valence-electron chi connectivity index (χ1n) is 5.45. The Morgan fingerprint density at radius 3 is 2.00 bits per heavy atom. The van der Waals surface area contributed by atoms with E-state index in [2.05, 4.69) is 0 Å². The van der Waals surface area contributed by atoms with Crippen molar-refractivity contribution in [2.75, 3.05) is 0 Å². The molecular weight excluding hydrogens is 245 g/mol. The fourth-order valence-electron chi connectivity index (χ4n) is 1.31. The molecule has 0 heterocycles. The van der Waals surface area contributed by atoms with Crippen LogP contribution in [-0.2, 0) is 11.0 Å². The van der Waals surface area contributed by atoms with E-state index in [-0.39, 0.29) is 23.7 Å².